The molecule has 0 saturated carbocycles. The first kappa shape index (κ1) is 21.3. The molecule has 31 heavy (non-hydrogen) atoms. The highest BCUT2D eigenvalue weighted by atomic mass is 32.2. The minimum Gasteiger partial charge on any atom is -0.495 e. The van der Waals surface area contributed by atoms with Crippen molar-refractivity contribution in [3.05, 3.63) is 40.7 Å². The lowest BCUT2D eigenvalue weighted by Gasteiger charge is -2.34. The van der Waals surface area contributed by atoms with Crippen molar-refractivity contribution in [3.8, 4) is 5.75 Å². The van der Waals surface area contributed by atoms with Crippen molar-refractivity contribution in [2.45, 2.75) is 5.03 Å². The number of benzene rings is 1. The number of carboxylic acids is 1. The number of sulfonamides is 1. The van der Waals surface area contributed by atoms with Gasteiger partial charge in [0.1, 0.15) is 5.75 Å². The molecule has 4 rings (SSSR count). The number of rotatable bonds is 7. The smallest absolute Gasteiger partial charge is 0.335 e. The summed E-state index contributed by atoms with van der Waals surface area (Å²) < 4.78 is 33.2. The van der Waals surface area contributed by atoms with Gasteiger partial charge in [0, 0.05) is 43.1 Å². The summed E-state index contributed by atoms with van der Waals surface area (Å²) in [6.45, 7) is 2.98. The number of piperazine rings is 1. The van der Waals surface area contributed by atoms with Crippen LogP contribution in [0.1, 0.15) is 10.4 Å². The Hall–Kier alpha value is -2.90. The summed E-state index contributed by atoms with van der Waals surface area (Å²) in [5.74, 6) is -1.02. The molecular formula is C18H19N5O5S3. The van der Waals surface area contributed by atoms with Crippen molar-refractivity contribution in [2.75, 3.05) is 47.8 Å². The van der Waals surface area contributed by atoms with Crippen LogP contribution in [0.15, 0.2) is 40.2 Å². The van der Waals surface area contributed by atoms with Gasteiger partial charge in [0.2, 0.25) is 0 Å². The number of aromatic nitrogens is 2. The van der Waals surface area contributed by atoms with Gasteiger partial charge in [0.25, 0.3) is 10.0 Å². The van der Waals surface area contributed by atoms with E-state index < -0.39 is 16.0 Å². The molecule has 3 heterocycles. The zero-order valence-corrected chi connectivity index (χ0v) is 18.8. The number of carbonyl (C=O) groups is 1. The molecule has 13 heteroatoms. The maximum Gasteiger partial charge on any atom is 0.335 e. The van der Waals surface area contributed by atoms with Gasteiger partial charge in [-0.2, -0.15) is 8.42 Å². The Morgan fingerprint density at radius 2 is 1.87 bits per heavy atom. The van der Waals surface area contributed by atoms with Crippen LogP contribution in [-0.2, 0) is 10.0 Å². The third-order valence-electron chi connectivity index (χ3n) is 4.68. The highest BCUT2D eigenvalue weighted by Crippen LogP contribution is 2.30. The molecule has 164 valence electrons. The maximum atomic E-state index is 12.8. The first-order valence-electron chi connectivity index (χ1n) is 9.16. The lowest BCUT2D eigenvalue weighted by Crippen LogP contribution is -2.46. The average Bonchev–Trinajstić information content (AvgIpc) is 3.46. The molecule has 2 N–H and O–H groups in total. The van der Waals surface area contributed by atoms with Crippen LogP contribution < -0.4 is 19.3 Å². The summed E-state index contributed by atoms with van der Waals surface area (Å²) in [7, 11) is -2.63. The van der Waals surface area contributed by atoms with Crippen molar-refractivity contribution in [2.24, 2.45) is 0 Å². The number of ether oxygens (including phenoxy) is 1. The van der Waals surface area contributed by atoms with E-state index in [1.165, 1.54) is 42.0 Å². The van der Waals surface area contributed by atoms with Crippen molar-refractivity contribution < 1.29 is 23.1 Å². The van der Waals surface area contributed by atoms with Crippen LogP contribution in [0.3, 0.4) is 0 Å². The monoisotopic (exact) mass is 481 g/mol. The second-order valence-electron chi connectivity index (χ2n) is 6.58. The van der Waals surface area contributed by atoms with Gasteiger partial charge in [-0.3, -0.25) is 4.72 Å². The number of anilines is 3. The minimum atomic E-state index is -3.97. The number of nitrogens with one attached hydrogen (secondary N) is 1. The molecule has 1 fully saturated rings. The van der Waals surface area contributed by atoms with E-state index >= 15 is 0 Å². The SMILES string of the molecule is COc1cc(C(=O)O)ccc1NS(=O)(=O)c1csc(N2CCN(c3nccs3)CC2)n1. The molecule has 10 nitrogen and oxygen atoms in total. The van der Waals surface area contributed by atoms with Crippen LogP contribution >= 0.6 is 22.7 Å². The molecule has 1 aliphatic heterocycles. The lowest BCUT2D eigenvalue weighted by atomic mass is 10.2. The number of thiazole rings is 2. The fourth-order valence-corrected chi connectivity index (χ4v) is 6.00. The van der Waals surface area contributed by atoms with Crippen molar-refractivity contribution >= 4 is 54.6 Å². The van der Waals surface area contributed by atoms with E-state index in [9.17, 15) is 13.2 Å². The molecule has 0 spiro atoms. The highest BCUT2D eigenvalue weighted by Gasteiger charge is 2.25. The van der Waals surface area contributed by atoms with Crippen LogP contribution in [0.5, 0.6) is 5.75 Å². The van der Waals surface area contributed by atoms with Crippen molar-refractivity contribution in [3.63, 3.8) is 0 Å². The average molecular weight is 482 g/mol. The van der Waals surface area contributed by atoms with Gasteiger partial charge in [-0.15, -0.1) is 22.7 Å². The fourth-order valence-electron chi connectivity index (χ4n) is 3.09. The molecule has 3 aromatic rings. The molecule has 1 aliphatic rings. The number of nitrogens with zero attached hydrogens (tertiary/aromatic N) is 4. The second-order valence-corrected chi connectivity index (χ2v) is 9.92. The van der Waals surface area contributed by atoms with Crippen LogP contribution in [0, 0.1) is 0 Å². The normalized spacial score (nSPS) is 14.5. The van der Waals surface area contributed by atoms with Crippen LogP contribution in [0.25, 0.3) is 0 Å². The van der Waals surface area contributed by atoms with Crippen molar-refractivity contribution in [1.29, 1.82) is 0 Å². The number of methoxy groups -OCH3 is 1. The third-order valence-corrected chi connectivity index (χ3v) is 7.81. The predicted octanol–water partition coefficient (Wildman–Crippen LogP) is 2.43. The first-order valence-corrected chi connectivity index (χ1v) is 12.4. The molecule has 0 amide bonds. The first-order chi connectivity index (χ1) is 14.9. The van der Waals surface area contributed by atoms with Crippen molar-refractivity contribution in [1.82, 2.24) is 9.97 Å². The topological polar surface area (TPSA) is 125 Å². The molecule has 1 aromatic carbocycles. The maximum absolute atomic E-state index is 12.8. The number of hydrogen-bond acceptors (Lipinski definition) is 10. The van der Waals surface area contributed by atoms with Gasteiger partial charge in [-0.1, -0.05) is 0 Å². The third kappa shape index (κ3) is 4.57. The molecule has 0 aliphatic carbocycles. The Morgan fingerprint density at radius 3 is 2.48 bits per heavy atom. The van der Waals surface area contributed by atoms with E-state index in [0.717, 1.165) is 18.2 Å². The molecule has 0 atom stereocenters. The van der Waals surface area contributed by atoms with Gasteiger partial charge in [0.05, 0.1) is 18.4 Å². The predicted molar refractivity (Wildman–Crippen MR) is 119 cm³/mol. The van der Waals surface area contributed by atoms with E-state index in [0.29, 0.717) is 18.2 Å². The summed E-state index contributed by atoms with van der Waals surface area (Å²) in [6.07, 6.45) is 1.78. The Labute approximate surface area is 186 Å². The Morgan fingerprint density at radius 1 is 1.16 bits per heavy atom. The largest absolute Gasteiger partial charge is 0.495 e. The summed E-state index contributed by atoms with van der Waals surface area (Å²) in [5, 5.41) is 14.0. The molecule has 0 unspecified atom stereocenters. The van der Waals surface area contributed by atoms with E-state index in [1.807, 2.05) is 5.38 Å². The zero-order chi connectivity index (χ0) is 22.0. The Bertz CT molecular complexity index is 1170. The molecule has 0 bridgehead atoms. The summed E-state index contributed by atoms with van der Waals surface area (Å²) in [6, 6.07) is 3.91. The molecule has 1 saturated heterocycles. The minimum absolute atomic E-state index is 0.00682. The standard InChI is InChI=1S/C18H19N5O5S3/c1-28-14-10-12(16(24)25)2-3-13(14)21-31(26,27)15-11-30-18(20-15)23-7-5-22(6-8-23)17-19-4-9-29-17/h2-4,9-11,21H,5-8H2,1H3,(H,24,25). The van der Waals surface area contributed by atoms with Crippen LogP contribution in [0.2, 0.25) is 0 Å². The second kappa shape index (κ2) is 8.69. The van der Waals surface area contributed by atoms with Crippen LogP contribution in [-0.4, -0.2) is 62.8 Å². The zero-order valence-electron chi connectivity index (χ0n) is 16.4. The summed E-state index contributed by atoms with van der Waals surface area (Å²) in [4.78, 5) is 24.0. The molecular weight excluding hydrogens is 462 g/mol. The van der Waals surface area contributed by atoms with Gasteiger partial charge in [-0.05, 0) is 18.2 Å². The Kier molecular flexibility index (Phi) is 5.98. The van der Waals surface area contributed by atoms with Gasteiger partial charge in [-0.25, -0.2) is 14.8 Å². The van der Waals surface area contributed by atoms with Gasteiger partial charge < -0.3 is 19.6 Å². The lowest BCUT2D eigenvalue weighted by molar-refractivity contribution is 0.0696. The van der Waals surface area contributed by atoms with E-state index in [2.05, 4.69) is 24.5 Å². The van der Waals surface area contributed by atoms with Crippen LogP contribution in [0.4, 0.5) is 16.0 Å². The quantitative estimate of drug-likeness (QED) is 0.523. The van der Waals surface area contributed by atoms with Gasteiger partial charge in [0.15, 0.2) is 15.3 Å². The van der Waals surface area contributed by atoms with E-state index in [4.69, 9.17) is 9.84 Å². The highest BCUT2D eigenvalue weighted by molar-refractivity contribution is 7.92. The Balaban J connectivity index is 1.46. The number of aromatic carboxylic acids is 1. The summed E-state index contributed by atoms with van der Waals surface area (Å²) >= 11 is 2.86. The molecule has 0 radical (unpaired) electrons. The number of hydrogen-bond donors (Lipinski definition) is 2. The van der Waals surface area contributed by atoms with E-state index in [-0.39, 0.29) is 22.0 Å². The molecule has 2 aromatic heterocycles. The number of carboxylic acid groups (broad SMARTS) is 1. The van der Waals surface area contributed by atoms with Gasteiger partial charge >= 0.3 is 5.97 Å². The summed E-state index contributed by atoms with van der Waals surface area (Å²) in [5.41, 5.74) is 0.131. The fraction of sp³-hybridized carbons (Fsp3) is 0.278. The van der Waals surface area contributed by atoms with E-state index in [1.54, 1.807) is 17.5 Å².